The van der Waals surface area contributed by atoms with Crippen LogP contribution in [-0.4, -0.2) is 48.2 Å². The normalized spacial score (nSPS) is 10.7. The number of nitrogen functional groups attached to an aromatic ring is 1. The van der Waals surface area contributed by atoms with E-state index in [1.165, 1.54) is 15.5 Å². The van der Waals surface area contributed by atoms with E-state index in [1.807, 2.05) is 30.3 Å². The number of amides is 2. The Morgan fingerprint density at radius 2 is 1.77 bits per heavy atom. The fraction of sp³-hybridized carbons (Fsp3) is 0.250. The summed E-state index contributed by atoms with van der Waals surface area (Å²) in [7, 11) is 1.54. The molecule has 0 fully saturated rings. The van der Waals surface area contributed by atoms with Gasteiger partial charge in [-0.1, -0.05) is 42.5 Å². The number of nitrogens with two attached hydrogens (primary N) is 2. The first kappa shape index (κ1) is 25.2. The Morgan fingerprint density at radius 3 is 2.46 bits per heavy atom. The van der Waals surface area contributed by atoms with Gasteiger partial charge < -0.3 is 26.4 Å². The van der Waals surface area contributed by atoms with Crippen LogP contribution in [0.3, 0.4) is 0 Å². The van der Waals surface area contributed by atoms with Gasteiger partial charge in [0.2, 0.25) is 5.91 Å². The Balaban J connectivity index is 1.94. The summed E-state index contributed by atoms with van der Waals surface area (Å²) in [5, 5.41) is 2.65. The van der Waals surface area contributed by atoms with Gasteiger partial charge in [0.25, 0.3) is 11.5 Å². The largest absolute Gasteiger partial charge is 0.385 e. The second kappa shape index (κ2) is 11.7. The van der Waals surface area contributed by atoms with Gasteiger partial charge in [-0.2, -0.15) is 0 Å². The van der Waals surface area contributed by atoms with E-state index in [-0.39, 0.29) is 42.4 Å². The van der Waals surface area contributed by atoms with Gasteiger partial charge in [-0.25, -0.2) is 4.79 Å². The summed E-state index contributed by atoms with van der Waals surface area (Å²) < 4.78 is 6.35. The van der Waals surface area contributed by atoms with Gasteiger partial charge in [-0.3, -0.25) is 23.9 Å². The Labute approximate surface area is 201 Å². The number of carbonyl (C=O) groups is 2. The van der Waals surface area contributed by atoms with Crippen molar-refractivity contribution in [3.05, 3.63) is 86.6 Å². The zero-order valence-corrected chi connectivity index (χ0v) is 19.3. The van der Waals surface area contributed by atoms with Crippen LogP contribution in [0.4, 0.5) is 17.2 Å². The van der Waals surface area contributed by atoms with E-state index in [9.17, 15) is 19.2 Å². The number of nitrogens with one attached hydrogen (secondary N) is 2. The van der Waals surface area contributed by atoms with Gasteiger partial charge >= 0.3 is 5.69 Å². The average Bonchev–Trinajstić information content (AvgIpc) is 2.82. The maximum absolute atomic E-state index is 12.9. The molecule has 0 spiro atoms. The topological polar surface area (TPSA) is 166 Å². The van der Waals surface area contributed by atoms with Crippen molar-refractivity contribution in [2.45, 2.75) is 13.0 Å². The summed E-state index contributed by atoms with van der Waals surface area (Å²) in [6.07, 6.45) is 0.484. The minimum absolute atomic E-state index is 0.00466. The molecule has 0 atom stereocenters. The van der Waals surface area contributed by atoms with Crippen molar-refractivity contribution in [3.8, 4) is 0 Å². The van der Waals surface area contributed by atoms with Gasteiger partial charge in [-0.15, -0.1) is 0 Å². The van der Waals surface area contributed by atoms with Crippen molar-refractivity contribution in [2.75, 3.05) is 42.8 Å². The molecule has 0 bridgehead atoms. The third-order valence-electron chi connectivity index (χ3n) is 5.29. The van der Waals surface area contributed by atoms with Crippen LogP contribution < -0.4 is 32.9 Å². The van der Waals surface area contributed by atoms with E-state index in [4.69, 9.17) is 16.2 Å². The number of H-pyrrole nitrogens is 1. The first-order valence-electron chi connectivity index (χ1n) is 10.9. The van der Waals surface area contributed by atoms with E-state index >= 15 is 0 Å². The fourth-order valence-electron chi connectivity index (χ4n) is 3.65. The quantitative estimate of drug-likeness (QED) is 0.294. The number of para-hydroxylation sites is 1. The molecular formula is C24H28N6O5. The van der Waals surface area contributed by atoms with Crippen molar-refractivity contribution in [1.29, 1.82) is 0 Å². The van der Waals surface area contributed by atoms with Crippen LogP contribution in [-0.2, 0) is 16.1 Å². The lowest BCUT2D eigenvalue weighted by Gasteiger charge is -2.26. The Hall–Kier alpha value is -4.38. The highest BCUT2D eigenvalue weighted by atomic mass is 16.5. The molecule has 1 heterocycles. The van der Waals surface area contributed by atoms with Crippen LogP contribution in [0.25, 0.3) is 0 Å². The van der Waals surface area contributed by atoms with E-state index in [1.54, 1.807) is 25.3 Å². The molecule has 6 N–H and O–H groups in total. The predicted molar refractivity (Wildman–Crippen MR) is 134 cm³/mol. The molecule has 0 aliphatic rings. The average molecular weight is 481 g/mol. The van der Waals surface area contributed by atoms with Crippen molar-refractivity contribution in [3.63, 3.8) is 0 Å². The lowest BCUT2D eigenvalue weighted by Crippen LogP contribution is -2.42. The highest BCUT2D eigenvalue weighted by Crippen LogP contribution is 2.19. The number of hydrogen-bond donors (Lipinski definition) is 4. The van der Waals surface area contributed by atoms with Crippen LogP contribution in [0.2, 0.25) is 0 Å². The number of rotatable bonds is 11. The molecule has 0 aliphatic carbocycles. The Morgan fingerprint density at radius 1 is 1.09 bits per heavy atom. The monoisotopic (exact) mass is 480 g/mol. The molecule has 0 saturated heterocycles. The van der Waals surface area contributed by atoms with Crippen LogP contribution >= 0.6 is 0 Å². The van der Waals surface area contributed by atoms with E-state index in [2.05, 4.69) is 10.3 Å². The minimum atomic E-state index is -0.709. The number of hydrogen-bond acceptors (Lipinski definition) is 7. The molecule has 0 radical (unpaired) electrons. The smallest absolute Gasteiger partial charge is 0.330 e. The van der Waals surface area contributed by atoms with E-state index < -0.39 is 23.1 Å². The highest BCUT2D eigenvalue weighted by Gasteiger charge is 2.22. The highest BCUT2D eigenvalue weighted by molar-refractivity contribution is 6.04. The summed E-state index contributed by atoms with van der Waals surface area (Å²) in [5.74, 6) is -1.26. The molecule has 2 amide bonds. The molecular weight excluding hydrogens is 452 g/mol. The fourth-order valence-corrected chi connectivity index (χ4v) is 3.65. The van der Waals surface area contributed by atoms with Crippen molar-refractivity contribution < 1.29 is 14.3 Å². The van der Waals surface area contributed by atoms with Crippen LogP contribution in [0.5, 0.6) is 0 Å². The summed E-state index contributed by atoms with van der Waals surface area (Å²) in [6, 6.07) is 15.5. The molecule has 3 rings (SSSR count). The van der Waals surface area contributed by atoms with Crippen molar-refractivity contribution >= 4 is 29.0 Å². The van der Waals surface area contributed by atoms with E-state index in [0.29, 0.717) is 13.0 Å². The lowest BCUT2D eigenvalue weighted by atomic mass is 10.1. The molecule has 11 nitrogen and oxygen atoms in total. The summed E-state index contributed by atoms with van der Waals surface area (Å²) >= 11 is 0. The minimum Gasteiger partial charge on any atom is -0.385 e. The molecule has 0 aliphatic heterocycles. The number of ether oxygens (including phenoxy) is 1. The van der Waals surface area contributed by atoms with Crippen LogP contribution in [0, 0.1) is 0 Å². The zero-order chi connectivity index (χ0) is 25.4. The summed E-state index contributed by atoms with van der Waals surface area (Å²) in [6.45, 7) is 0.493. The number of aromatic amines is 1. The second-order valence-corrected chi connectivity index (χ2v) is 7.79. The van der Waals surface area contributed by atoms with Crippen LogP contribution in [0.1, 0.15) is 22.3 Å². The van der Waals surface area contributed by atoms with Gasteiger partial charge in [0.15, 0.2) is 0 Å². The lowest BCUT2D eigenvalue weighted by molar-refractivity contribution is -0.115. The van der Waals surface area contributed by atoms with Gasteiger partial charge in [0, 0.05) is 20.3 Å². The standard InChI is InChI=1S/C24H28N6O5/c1-35-13-7-12-29(15-19(31)27-18-11-6-5-10-17(18)22(26)32)20-21(25)30(24(34)28-23(20)33)14-16-8-3-2-4-9-16/h2-6,8-11H,7,12-15,25H2,1H3,(H2,26,32)(H,27,31)(H,28,33,34). The summed E-state index contributed by atoms with van der Waals surface area (Å²) in [4.78, 5) is 53.7. The van der Waals surface area contributed by atoms with Gasteiger partial charge in [0.05, 0.1) is 24.3 Å². The number of carbonyl (C=O) groups excluding carboxylic acids is 2. The first-order chi connectivity index (χ1) is 16.8. The SMILES string of the molecule is COCCCN(CC(=O)Nc1ccccc1C(N)=O)c1c(N)n(Cc2ccccc2)c(=O)[nH]c1=O. The molecule has 184 valence electrons. The number of anilines is 3. The van der Waals surface area contributed by atoms with E-state index in [0.717, 1.165) is 5.56 Å². The number of methoxy groups -OCH3 is 1. The third-order valence-corrected chi connectivity index (χ3v) is 5.29. The first-order valence-corrected chi connectivity index (χ1v) is 10.9. The molecule has 1 aromatic heterocycles. The third kappa shape index (κ3) is 6.36. The number of nitrogens with zero attached hydrogens (tertiary/aromatic N) is 2. The second-order valence-electron chi connectivity index (χ2n) is 7.79. The molecule has 2 aromatic carbocycles. The molecule has 3 aromatic rings. The predicted octanol–water partition coefficient (Wildman–Crippen LogP) is 0.748. The number of benzene rings is 2. The number of primary amides is 1. The van der Waals surface area contributed by atoms with Gasteiger partial charge in [-0.05, 0) is 24.1 Å². The van der Waals surface area contributed by atoms with Crippen molar-refractivity contribution in [2.24, 2.45) is 5.73 Å². The summed E-state index contributed by atoms with van der Waals surface area (Å²) in [5.41, 5.74) is 11.5. The van der Waals surface area contributed by atoms with Gasteiger partial charge in [0.1, 0.15) is 11.5 Å². The maximum Gasteiger partial charge on any atom is 0.330 e. The Bertz CT molecular complexity index is 1300. The Kier molecular flexibility index (Phi) is 8.41. The zero-order valence-electron chi connectivity index (χ0n) is 19.3. The van der Waals surface area contributed by atoms with Crippen LogP contribution in [0.15, 0.2) is 64.2 Å². The van der Waals surface area contributed by atoms with Crippen molar-refractivity contribution in [1.82, 2.24) is 9.55 Å². The number of aromatic nitrogens is 2. The maximum atomic E-state index is 12.9. The molecule has 0 unspecified atom stereocenters. The molecule has 11 heteroatoms. The molecule has 0 saturated carbocycles. The molecule has 35 heavy (non-hydrogen) atoms.